The van der Waals surface area contributed by atoms with Crippen LogP contribution >= 0.6 is 15.9 Å². The minimum Gasteiger partial charge on any atom is -0.490 e. The second-order valence-electron chi connectivity index (χ2n) is 5.71. The Morgan fingerprint density at radius 3 is 2.57 bits per heavy atom. The maximum atomic E-state index is 12.5. The van der Waals surface area contributed by atoms with E-state index < -0.39 is 0 Å². The van der Waals surface area contributed by atoms with E-state index in [-0.39, 0.29) is 11.8 Å². The zero-order valence-corrected chi connectivity index (χ0v) is 15.5. The lowest BCUT2D eigenvalue weighted by molar-refractivity contribution is -0.120. The molecule has 0 saturated carbocycles. The van der Waals surface area contributed by atoms with Crippen molar-refractivity contribution in [3.05, 3.63) is 16.6 Å². The highest BCUT2D eigenvalue weighted by Gasteiger charge is 2.25. The molecule has 0 aliphatic carbocycles. The van der Waals surface area contributed by atoms with Gasteiger partial charge in [0.25, 0.3) is 0 Å². The Labute approximate surface area is 146 Å². The van der Waals surface area contributed by atoms with Crippen LogP contribution in [0.2, 0.25) is 0 Å². The third kappa shape index (κ3) is 4.85. The van der Waals surface area contributed by atoms with Gasteiger partial charge in [0, 0.05) is 28.6 Å². The van der Waals surface area contributed by atoms with Crippen LogP contribution in [0.3, 0.4) is 0 Å². The van der Waals surface area contributed by atoms with Crippen LogP contribution in [0.1, 0.15) is 33.6 Å². The van der Waals surface area contributed by atoms with Crippen molar-refractivity contribution < 1.29 is 14.3 Å². The number of carbonyl (C=O) groups excluding carboxylic acids is 1. The molecule has 128 valence electrons. The van der Waals surface area contributed by atoms with Gasteiger partial charge < -0.3 is 20.1 Å². The summed E-state index contributed by atoms with van der Waals surface area (Å²) in [5.41, 5.74) is 0.716. The molecule has 0 unspecified atom stereocenters. The minimum absolute atomic E-state index is 0.0419. The second-order valence-corrected chi connectivity index (χ2v) is 6.56. The summed E-state index contributed by atoms with van der Waals surface area (Å²) in [6.45, 7) is 7.95. The number of benzene rings is 1. The Bertz CT molecular complexity index is 551. The Morgan fingerprint density at radius 1 is 1.30 bits per heavy atom. The van der Waals surface area contributed by atoms with Crippen LogP contribution in [0.4, 0.5) is 5.69 Å². The molecule has 0 radical (unpaired) electrons. The molecule has 1 fully saturated rings. The fraction of sp³-hybridized carbons (Fsp3) is 0.588. The van der Waals surface area contributed by atoms with Crippen molar-refractivity contribution in [2.45, 2.75) is 39.7 Å². The van der Waals surface area contributed by atoms with Crippen LogP contribution in [0, 0.1) is 5.92 Å². The molecule has 1 amide bonds. The van der Waals surface area contributed by atoms with Crippen LogP contribution in [-0.4, -0.2) is 31.7 Å². The summed E-state index contributed by atoms with van der Waals surface area (Å²) >= 11 is 3.50. The molecular weight excluding hydrogens is 360 g/mol. The number of hydrogen-bond donors (Lipinski definition) is 2. The van der Waals surface area contributed by atoms with E-state index in [4.69, 9.17) is 9.47 Å². The average molecular weight is 385 g/mol. The molecule has 2 N–H and O–H groups in total. The van der Waals surface area contributed by atoms with Gasteiger partial charge in [0.05, 0.1) is 18.9 Å². The number of ether oxygens (including phenoxy) is 2. The van der Waals surface area contributed by atoms with Gasteiger partial charge in [-0.05, 0) is 56.1 Å². The standard InChI is InChI=1S/C17H25BrN2O3/c1-4-22-15-9-13(18)14(10-16(15)23-5-2)20-17(21)12-6-7-19-11(3)8-12/h9-12,19H,4-8H2,1-3H3,(H,20,21)/t11-,12-/m0/s1. The van der Waals surface area contributed by atoms with E-state index in [1.807, 2.05) is 26.0 Å². The third-order valence-electron chi connectivity index (χ3n) is 3.89. The summed E-state index contributed by atoms with van der Waals surface area (Å²) in [5.74, 6) is 1.42. The van der Waals surface area contributed by atoms with Crippen LogP contribution in [0.5, 0.6) is 11.5 Å². The number of nitrogens with one attached hydrogen (secondary N) is 2. The van der Waals surface area contributed by atoms with Crippen LogP contribution in [0.15, 0.2) is 16.6 Å². The van der Waals surface area contributed by atoms with Crippen LogP contribution in [-0.2, 0) is 4.79 Å². The van der Waals surface area contributed by atoms with Gasteiger partial charge in [-0.3, -0.25) is 4.79 Å². The number of halogens is 1. The molecule has 23 heavy (non-hydrogen) atoms. The topological polar surface area (TPSA) is 59.6 Å². The predicted molar refractivity (Wildman–Crippen MR) is 95.3 cm³/mol. The second kappa shape index (κ2) is 8.55. The quantitative estimate of drug-likeness (QED) is 0.786. The molecule has 0 aromatic heterocycles. The summed E-state index contributed by atoms with van der Waals surface area (Å²) in [5, 5.41) is 6.38. The van der Waals surface area contributed by atoms with Crippen molar-refractivity contribution in [1.29, 1.82) is 0 Å². The Hall–Kier alpha value is -1.27. The maximum absolute atomic E-state index is 12.5. The van der Waals surface area contributed by atoms with Gasteiger partial charge in [0.1, 0.15) is 0 Å². The van der Waals surface area contributed by atoms with Gasteiger partial charge in [-0.2, -0.15) is 0 Å². The van der Waals surface area contributed by atoms with E-state index in [1.165, 1.54) is 0 Å². The molecule has 0 spiro atoms. The monoisotopic (exact) mass is 384 g/mol. The summed E-state index contributed by atoms with van der Waals surface area (Å²) < 4.78 is 12.0. The minimum atomic E-state index is 0.0419. The molecule has 2 atom stereocenters. The number of hydrogen-bond acceptors (Lipinski definition) is 4. The fourth-order valence-corrected chi connectivity index (χ4v) is 3.19. The van der Waals surface area contributed by atoms with E-state index >= 15 is 0 Å². The lowest BCUT2D eigenvalue weighted by Gasteiger charge is -2.27. The zero-order valence-electron chi connectivity index (χ0n) is 13.9. The molecule has 1 aromatic rings. The van der Waals surface area contributed by atoms with E-state index in [2.05, 4.69) is 33.5 Å². The third-order valence-corrected chi connectivity index (χ3v) is 4.54. The van der Waals surface area contributed by atoms with E-state index in [9.17, 15) is 4.79 Å². The first-order valence-electron chi connectivity index (χ1n) is 8.18. The van der Waals surface area contributed by atoms with Crippen molar-refractivity contribution in [3.8, 4) is 11.5 Å². The predicted octanol–water partition coefficient (Wildman–Crippen LogP) is 3.57. The smallest absolute Gasteiger partial charge is 0.227 e. The van der Waals surface area contributed by atoms with E-state index in [0.29, 0.717) is 36.4 Å². The number of piperidine rings is 1. The molecule has 1 aliphatic rings. The lowest BCUT2D eigenvalue weighted by Crippen LogP contribution is -2.40. The highest BCUT2D eigenvalue weighted by molar-refractivity contribution is 9.10. The number of amides is 1. The van der Waals surface area contributed by atoms with Crippen molar-refractivity contribution in [1.82, 2.24) is 5.32 Å². The molecule has 1 aromatic carbocycles. The summed E-state index contributed by atoms with van der Waals surface area (Å²) in [7, 11) is 0. The molecule has 5 nitrogen and oxygen atoms in total. The molecule has 1 saturated heterocycles. The van der Waals surface area contributed by atoms with Gasteiger partial charge in [-0.25, -0.2) is 0 Å². The fourth-order valence-electron chi connectivity index (χ4n) is 2.77. The van der Waals surface area contributed by atoms with Gasteiger partial charge in [-0.1, -0.05) is 0 Å². The Morgan fingerprint density at radius 2 is 1.96 bits per heavy atom. The first-order valence-corrected chi connectivity index (χ1v) is 8.97. The molecular formula is C17H25BrN2O3. The van der Waals surface area contributed by atoms with Crippen molar-refractivity contribution in [2.75, 3.05) is 25.1 Å². The SMILES string of the molecule is CCOc1cc(Br)c(NC(=O)[C@H]2CCN[C@@H](C)C2)cc1OCC. The van der Waals surface area contributed by atoms with E-state index in [1.54, 1.807) is 0 Å². The lowest BCUT2D eigenvalue weighted by atomic mass is 9.92. The zero-order chi connectivity index (χ0) is 16.8. The van der Waals surface area contributed by atoms with Gasteiger partial charge in [0.15, 0.2) is 11.5 Å². The summed E-state index contributed by atoms with van der Waals surface area (Å²) in [4.78, 5) is 12.5. The molecule has 2 rings (SSSR count). The number of anilines is 1. The maximum Gasteiger partial charge on any atom is 0.227 e. The highest BCUT2D eigenvalue weighted by atomic mass is 79.9. The number of rotatable bonds is 6. The van der Waals surface area contributed by atoms with Crippen molar-refractivity contribution in [3.63, 3.8) is 0 Å². The average Bonchev–Trinajstić information content (AvgIpc) is 2.52. The van der Waals surface area contributed by atoms with Crippen LogP contribution in [0.25, 0.3) is 0 Å². The summed E-state index contributed by atoms with van der Waals surface area (Å²) in [6, 6.07) is 4.04. The van der Waals surface area contributed by atoms with Crippen molar-refractivity contribution in [2.24, 2.45) is 5.92 Å². The summed E-state index contributed by atoms with van der Waals surface area (Å²) in [6.07, 6.45) is 1.72. The van der Waals surface area contributed by atoms with Gasteiger partial charge >= 0.3 is 0 Å². The molecule has 0 bridgehead atoms. The van der Waals surface area contributed by atoms with Gasteiger partial charge in [0.2, 0.25) is 5.91 Å². The van der Waals surface area contributed by atoms with Crippen LogP contribution < -0.4 is 20.1 Å². The molecule has 6 heteroatoms. The van der Waals surface area contributed by atoms with E-state index in [0.717, 1.165) is 23.9 Å². The normalized spacial score (nSPS) is 20.9. The largest absolute Gasteiger partial charge is 0.490 e. The highest BCUT2D eigenvalue weighted by Crippen LogP contribution is 2.37. The first-order chi connectivity index (χ1) is 11.0. The number of carbonyl (C=O) groups is 1. The molecule has 1 aliphatic heterocycles. The van der Waals surface area contributed by atoms with Gasteiger partial charge in [-0.15, -0.1) is 0 Å². The Balaban J connectivity index is 2.15. The van der Waals surface area contributed by atoms with Crippen molar-refractivity contribution >= 4 is 27.5 Å². The molecule has 1 heterocycles. The Kier molecular flexibility index (Phi) is 6.72. The first kappa shape index (κ1) is 18.1.